The van der Waals surface area contributed by atoms with Crippen molar-refractivity contribution in [1.29, 1.82) is 0 Å². The van der Waals surface area contributed by atoms with Crippen molar-refractivity contribution in [3.05, 3.63) is 17.7 Å². The van der Waals surface area contributed by atoms with E-state index in [0.29, 0.717) is 12.4 Å². The number of ether oxygens (including phenoxy) is 2. The highest BCUT2D eigenvalue weighted by molar-refractivity contribution is 5.98. The number of likely N-dealkylation sites (tertiary alicyclic amines) is 1. The molecule has 1 fully saturated rings. The van der Waals surface area contributed by atoms with Crippen molar-refractivity contribution in [2.24, 2.45) is 10.7 Å². The number of hydrogen-bond donors (Lipinski definition) is 1. The van der Waals surface area contributed by atoms with Crippen molar-refractivity contribution in [3.8, 4) is 11.5 Å². The van der Waals surface area contributed by atoms with Crippen LogP contribution in [0.3, 0.4) is 0 Å². The Morgan fingerprint density at radius 2 is 1.96 bits per heavy atom. The van der Waals surface area contributed by atoms with Gasteiger partial charge in [0, 0.05) is 18.0 Å². The number of rotatable bonds is 6. The Bertz CT molecular complexity index is 605. The lowest BCUT2D eigenvalue weighted by Gasteiger charge is -2.21. The fraction of sp³-hybridized carbons (Fsp3) is 0.611. The predicted octanol–water partition coefficient (Wildman–Crippen LogP) is 2.84. The van der Waals surface area contributed by atoms with E-state index in [1.54, 1.807) is 7.11 Å². The summed E-state index contributed by atoms with van der Waals surface area (Å²) in [5.41, 5.74) is 7.79. The normalized spacial score (nSPS) is 19.5. The van der Waals surface area contributed by atoms with Gasteiger partial charge in [-0.25, -0.2) is 4.99 Å². The molecule has 2 aliphatic rings. The molecule has 0 saturated carbocycles. The first-order valence-corrected chi connectivity index (χ1v) is 8.44. The number of nitrogens with two attached hydrogens (primary N) is 1. The van der Waals surface area contributed by atoms with Crippen LogP contribution in [0.1, 0.15) is 38.7 Å². The molecule has 0 atom stereocenters. The molecule has 0 bridgehead atoms. The van der Waals surface area contributed by atoms with E-state index in [1.807, 2.05) is 12.1 Å². The minimum atomic E-state index is -0.253. The van der Waals surface area contributed by atoms with E-state index in [1.165, 1.54) is 25.9 Å². The Kier molecular flexibility index (Phi) is 4.48. The molecule has 0 spiro atoms. The van der Waals surface area contributed by atoms with Crippen molar-refractivity contribution >= 4 is 11.5 Å². The van der Waals surface area contributed by atoms with E-state index in [4.69, 9.17) is 15.2 Å². The van der Waals surface area contributed by atoms with Crippen LogP contribution < -0.4 is 15.2 Å². The lowest BCUT2D eigenvalue weighted by atomic mass is 9.85. The van der Waals surface area contributed by atoms with Crippen LogP contribution in [0.5, 0.6) is 11.5 Å². The highest BCUT2D eigenvalue weighted by Gasteiger charge is 2.34. The predicted molar refractivity (Wildman–Crippen MR) is 93.1 cm³/mol. The van der Waals surface area contributed by atoms with Crippen LogP contribution in [-0.4, -0.2) is 44.1 Å². The minimum absolute atomic E-state index is 0.253. The molecule has 0 aliphatic carbocycles. The summed E-state index contributed by atoms with van der Waals surface area (Å²) in [7, 11) is 1.67. The van der Waals surface area contributed by atoms with Gasteiger partial charge in [-0.2, -0.15) is 0 Å². The maximum Gasteiger partial charge on any atom is 0.163 e. The van der Waals surface area contributed by atoms with Crippen molar-refractivity contribution in [3.63, 3.8) is 0 Å². The van der Waals surface area contributed by atoms with Gasteiger partial charge in [0.05, 0.1) is 19.4 Å². The van der Waals surface area contributed by atoms with E-state index < -0.39 is 0 Å². The second-order valence-corrected chi connectivity index (χ2v) is 6.89. The zero-order chi connectivity index (χ0) is 16.4. The third-order valence-corrected chi connectivity index (χ3v) is 4.91. The molecule has 23 heavy (non-hydrogen) atoms. The Labute approximate surface area is 138 Å². The first-order valence-electron chi connectivity index (χ1n) is 8.44. The number of amidine groups is 1. The lowest BCUT2D eigenvalue weighted by Crippen LogP contribution is -2.32. The molecule has 0 aromatic heterocycles. The van der Waals surface area contributed by atoms with Crippen molar-refractivity contribution in [2.75, 3.05) is 33.4 Å². The summed E-state index contributed by atoms with van der Waals surface area (Å²) >= 11 is 0. The molecule has 3 rings (SSSR count). The zero-order valence-corrected chi connectivity index (χ0v) is 14.4. The Morgan fingerprint density at radius 1 is 1.22 bits per heavy atom. The molecule has 2 N–H and O–H groups in total. The summed E-state index contributed by atoms with van der Waals surface area (Å²) in [5.74, 6) is 2.14. The molecule has 1 aromatic rings. The van der Waals surface area contributed by atoms with E-state index in [9.17, 15) is 0 Å². The van der Waals surface area contributed by atoms with Crippen LogP contribution in [0.25, 0.3) is 0 Å². The fourth-order valence-electron chi connectivity index (χ4n) is 3.30. The third-order valence-electron chi connectivity index (χ3n) is 4.91. The van der Waals surface area contributed by atoms with E-state index in [-0.39, 0.29) is 5.41 Å². The SMILES string of the molecule is COc1cc2c(cc1OCCCN1CCCC1)N=C(N)C2(C)C. The Balaban J connectivity index is 1.66. The molecular weight excluding hydrogens is 290 g/mol. The molecule has 1 aromatic carbocycles. The zero-order valence-electron chi connectivity index (χ0n) is 14.4. The summed E-state index contributed by atoms with van der Waals surface area (Å²) in [6.45, 7) is 8.40. The van der Waals surface area contributed by atoms with Crippen LogP contribution in [0, 0.1) is 0 Å². The number of nitrogens with zero attached hydrogens (tertiary/aromatic N) is 2. The molecule has 5 heteroatoms. The summed E-state index contributed by atoms with van der Waals surface area (Å²) in [6, 6.07) is 3.96. The second-order valence-electron chi connectivity index (χ2n) is 6.89. The van der Waals surface area contributed by atoms with Gasteiger partial charge in [-0.15, -0.1) is 0 Å². The number of benzene rings is 1. The number of aliphatic imine (C=N–C) groups is 1. The van der Waals surface area contributed by atoms with Gasteiger partial charge in [-0.1, -0.05) is 0 Å². The molecule has 0 unspecified atom stereocenters. The smallest absolute Gasteiger partial charge is 0.163 e. The summed E-state index contributed by atoms with van der Waals surface area (Å²) in [6.07, 6.45) is 3.68. The van der Waals surface area contributed by atoms with Crippen molar-refractivity contribution in [1.82, 2.24) is 4.90 Å². The van der Waals surface area contributed by atoms with Gasteiger partial charge < -0.3 is 20.1 Å². The first kappa shape index (κ1) is 16.1. The van der Waals surface area contributed by atoms with Gasteiger partial charge >= 0.3 is 0 Å². The second kappa shape index (κ2) is 6.40. The molecule has 126 valence electrons. The van der Waals surface area contributed by atoms with E-state index >= 15 is 0 Å². The first-order chi connectivity index (χ1) is 11.0. The molecule has 1 saturated heterocycles. The van der Waals surface area contributed by atoms with E-state index in [0.717, 1.165) is 35.7 Å². The Hall–Kier alpha value is -1.75. The molecular formula is C18H27N3O2. The Morgan fingerprint density at radius 3 is 2.65 bits per heavy atom. The largest absolute Gasteiger partial charge is 0.493 e. The van der Waals surface area contributed by atoms with Crippen LogP contribution >= 0.6 is 0 Å². The van der Waals surface area contributed by atoms with Gasteiger partial charge in [0.1, 0.15) is 5.84 Å². The summed E-state index contributed by atoms with van der Waals surface area (Å²) in [5, 5.41) is 0. The fourth-order valence-corrected chi connectivity index (χ4v) is 3.30. The van der Waals surface area contributed by atoms with Crippen LogP contribution in [0.2, 0.25) is 0 Å². The minimum Gasteiger partial charge on any atom is -0.493 e. The quantitative estimate of drug-likeness (QED) is 0.820. The highest BCUT2D eigenvalue weighted by Crippen LogP contribution is 2.44. The number of hydrogen-bond acceptors (Lipinski definition) is 5. The topological polar surface area (TPSA) is 60.1 Å². The molecule has 0 amide bonds. The average molecular weight is 317 g/mol. The van der Waals surface area contributed by atoms with Gasteiger partial charge in [0.25, 0.3) is 0 Å². The molecule has 5 nitrogen and oxygen atoms in total. The monoisotopic (exact) mass is 317 g/mol. The standard InChI is InChI=1S/C18H27N3O2/c1-18(2)13-11-15(22-3)16(12-14(13)20-17(18)19)23-10-6-9-21-7-4-5-8-21/h11-12H,4-10H2,1-3H3,(H2,19,20). The molecule has 2 heterocycles. The van der Waals surface area contributed by atoms with Gasteiger partial charge in [-0.05, 0) is 57.8 Å². The maximum absolute atomic E-state index is 6.06. The van der Waals surface area contributed by atoms with Crippen LogP contribution in [0.15, 0.2) is 17.1 Å². The molecule has 2 aliphatic heterocycles. The number of fused-ring (bicyclic) bond motifs is 1. The van der Waals surface area contributed by atoms with Gasteiger partial charge in [0.15, 0.2) is 11.5 Å². The summed E-state index contributed by atoms with van der Waals surface area (Å²) < 4.78 is 11.5. The average Bonchev–Trinajstić information content (AvgIpc) is 3.11. The number of methoxy groups -OCH3 is 1. The maximum atomic E-state index is 6.06. The van der Waals surface area contributed by atoms with Gasteiger partial charge in [0.2, 0.25) is 0 Å². The lowest BCUT2D eigenvalue weighted by molar-refractivity contribution is 0.254. The van der Waals surface area contributed by atoms with E-state index in [2.05, 4.69) is 23.7 Å². The summed E-state index contributed by atoms with van der Waals surface area (Å²) in [4.78, 5) is 6.98. The van der Waals surface area contributed by atoms with Crippen LogP contribution in [0.4, 0.5) is 5.69 Å². The van der Waals surface area contributed by atoms with Crippen LogP contribution in [-0.2, 0) is 5.41 Å². The molecule has 0 radical (unpaired) electrons. The van der Waals surface area contributed by atoms with Crippen molar-refractivity contribution in [2.45, 2.75) is 38.5 Å². The van der Waals surface area contributed by atoms with Gasteiger partial charge in [-0.3, -0.25) is 0 Å². The third kappa shape index (κ3) is 3.15. The van der Waals surface area contributed by atoms with Crippen molar-refractivity contribution < 1.29 is 9.47 Å². The highest BCUT2D eigenvalue weighted by atomic mass is 16.5.